The minimum absolute atomic E-state index is 0.0398. The lowest BCUT2D eigenvalue weighted by molar-refractivity contribution is 0.0856. The molecule has 1 aromatic rings. The monoisotopic (exact) mass is 333 g/mol. The topological polar surface area (TPSA) is 96.5 Å². The minimum atomic E-state index is -0.283. The number of carbonyl (C=O) groups is 2. The normalized spacial score (nSPS) is 18.1. The van der Waals surface area contributed by atoms with Crippen LogP contribution in [-0.4, -0.2) is 58.6 Å². The smallest absolute Gasteiger partial charge is 0.409 e. The second kappa shape index (κ2) is 7.46. The molecule has 1 saturated carbocycles. The summed E-state index contributed by atoms with van der Waals surface area (Å²) in [5.74, 6) is 0.487. The number of carbonyl (C=O) groups excluding carboxylic acids is 2. The zero-order valence-corrected chi connectivity index (χ0v) is 13.8. The first-order valence-electron chi connectivity index (χ1n) is 8.47. The number of rotatable bonds is 5. The minimum Gasteiger partial charge on any atom is -0.450 e. The largest absolute Gasteiger partial charge is 0.450 e. The van der Waals surface area contributed by atoms with Crippen LogP contribution in [0.25, 0.3) is 0 Å². The summed E-state index contributed by atoms with van der Waals surface area (Å²) in [6.45, 7) is 3.34. The lowest BCUT2D eigenvalue weighted by atomic mass is 10.1. The molecule has 0 unspecified atom stereocenters. The van der Waals surface area contributed by atoms with Crippen LogP contribution in [0, 0.1) is 0 Å². The highest BCUT2D eigenvalue weighted by atomic mass is 16.6. The molecule has 2 heterocycles. The van der Waals surface area contributed by atoms with Gasteiger partial charge in [-0.1, -0.05) is 0 Å². The maximum atomic E-state index is 12.4. The number of amides is 2. The van der Waals surface area contributed by atoms with E-state index in [1.165, 1.54) is 6.33 Å². The summed E-state index contributed by atoms with van der Waals surface area (Å²) < 4.78 is 4.99. The summed E-state index contributed by atoms with van der Waals surface area (Å²) in [4.78, 5) is 33.9. The molecule has 1 saturated heterocycles. The van der Waals surface area contributed by atoms with Gasteiger partial charge in [0.1, 0.15) is 17.8 Å². The number of ether oxygens (including phenoxy) is 1. The first-order valence-corrected chi connectivity index (χ1v) is 8.47. The van der Waals surface area contributed by atoms with Gasteiger partial charge in [0.15, 0.2) is 0 Å². The maximum absolute atomic E-state index is 12.4. The van der Waals surface area contributed by atoms with Crippen molar-refractivity contribution in [1.82, 2.24) is 20.2 Å². The number of aromatic nitrogens is 2. The van der Waals surface area contributed by atoms with E-state index in [0.717, 1.165) is 12.8 Å². The maximum Gasteiger partial charge on any atom is 0.409 e. The van der Waals surface area contributed by atoms with Crippen LogP contribution in [0.2, 0.25) is 0 Å². The van der Waals surface area contributed by atoms with E-state index in [9.17, 15) is 9.59 Å². The van der Waals surface area contributed by atoms with Gasteiger partial charge in [0.25, 0.3) is 5.91 Å². The molecule has 2 N–H and O–H groups in total. The fourth-order valence-electron chi connectivity index (χ4n) is 2.68. The number of nitrogens with zero attached hydrogens (tertiary/aromatic N) is 3. The van der Waals surface area contributed by atoms with Gasteiger partial charge in [0, 0.05) is 31.2 Å². The van der Waals surface area contributed by atoms with Crippen molar-refractivity contribution in [2.24, 2.45) is 0 Å². The predicted molar refractivity (Wildman–Crippen MR) is 87.8 cm³/mol. The Kier molecular flexibility index (Phi) is 5.12. The third-order valence-electron chi connectivity index (χ3n) is 4.19. The van der Waals surface area contributed by atoms with Gasteiger partial charge in [-0.15, -0.1) is 0 Å². The first-order chi connectivity index (χ1) is 11.7. The highest BCUT2D eigenvalue weighted by Crippen LogP contribution is 2.23. The van der Waals surface area contributed by atoms with Crippen molar-refractivity contribution in [2.45, 2.75) is 44.7 Å². The van der Waals surface area contributed by atoms with E-state index in [1.54, 1.807) is 17.9 Å². The number of hydrogen-bond acceptors (Lipinski definition) is 6. The van der Waals surface area contributed by atoms with Crippen molar-refractivity contribution in [2.75, 3.05) is 25.0 Å². The highest BCUT2D eigenvalue weighted by molar-refractivity contribution is 5.93. The average molecular weight is 333 g/mol. The molecule has 24 heavy (non-hydrogen) atoms. The Balaban J connectivity index is 1.49. The van der Waals surface area contributed by atoms with Crippen LogP contribution < -0.4 is 10.6 Å². The van der Waals surface area contributed by atoms with Gasteiger partial charge in [0.05, 0.1) is 6.61 Å². The summed E-state index contributed by atoms with van der Waals surface area (Å²) in [7, 11) is 0. The SMILES string of the molecule is CCOC(=O)N1CCC(NC(=O)c2cc(NC3CC3)ncn2)CC1. The van der Waals surface area contributed by atoms with Gasteiger partial charge in [-0.3, -0.25) is 4.79 Å². The van der Waals surface area contributed by atoms with Gasteiger partial charge < -0.3 is 20.3 Å². The Morgan fingerprint density at radius 3 is 2.62 bits per heavy atom. The van der Waals surface area contributed by atoms with Gasteiger partial charge in [0.2, 0.25) is 0 Å². The second-order valence-electron chi connectivity index (χ2n) is 6.14. The van der Waals surface area contributed by atoms with Crippen LogP contribution in [0.4, 0.5) is 10.6 Å². The van der Waals surface area contributed by atoms with E-state index in [0.29, 0.717) is 50.1 Å². The number of piperidine rings is 1. The Labute approximate surface area is 141 Å². The molecule has 8 heteroatoms. The van der Waals surface area contributed by atoms with Crippen molar-refractivity contribution in [1.29, 1.82) is 0 Å². The van der Waals surface area contributed by atoms with Crippen molar-refractivity contribution in [3.8, 4) is 0 Å². The van der Waals surface area contributed by atoms with E-state index >= 15 is 0 Å². The third-order valence-corrected chi connectivity index (χ3v) is 4.19. The Morgan fingerprint density at radius 1 is 1.21 bits per heavy atom. The number of nitrogens with one attached hydrogen (secondary N) is 2. The Morgan fingerprint density at radius 2 is 1.96 bits per heavy atom. The lowest BCUT2D eigenvalue weighted by Crippen LogP contribution is -2.46. The molecular weight excluding hydrogens is 310 g/mol. The lowest BCUT2D eigenvalue weighted by Gasteiger charge is -2.31. The van der Waals surface area contributed by atoms with Crippen LogP contribution in [0.3, 0.4) is 0 Å². The summed E-state index contributed by atoms with van der Waals surface area (Å²) in [5.41, 5.74) is 0.362. The third kappa shape index (κ3) is 4.33. The molecule has 1 aliphatic carbocycles. The molecule has 0 spiro atoms. The van der Waals surface area contributed by atoms with Crippen LogP contribution in [0.5, 0.6) is 0 Å². The molecular formula is C16H23N5O3. The summed E-state index contributed by atoms with van der Waals surface area (Å²) >= 11 is 0. The summed E-state index contributed by atoms with van der Waals surface area (Å²) in [5, 5.41) is 6.24. The van der Waals surface area contributed by atoms with Crippen LogP contribution in [0.1, 0.15) is 43.1 Å². The fourth-order valence-corrected chi connectivity index (χ4v) is 2.68. The number of hydrogen-bond donors (Lipinski definition) is 2. The molecule has 3 rings (SSSR count). The van der Waals surface area contributed by atoms with Gasteiger partial charge in [-0.05, 0) is 32.6 Å². The van der Waals surface area contributed by atoms with Crippen LogP contribution in [0.15, 0.2) is 12.4 Å². The summed E-state index contributed by atoms with van der Waals surface area (Å²) in [6, 6.07) is 2.20. The van der Waals surface area contributed by atoms with E-state index < -0.39 is 0 Å². The van der Waals surface area contributed by atoms with E-state index in [4.69, 9.17) is 4.74 Å². The van der Waals surface area contributed by atoms with E-state index in [2.05, 4.69) is 20.6 Å². The molecule has 0 bridgehead atoms. The van der Waals surface area contributed by atoms with Crippen LogP contribution >= 0.6 is 0 Å². The van der Waals surface area contributed by atoms with Gasteiger partial charge in [-0.25, -0.2) is 14.8 Å². The zero-order valence-electron chi connectivity index (χ0n) is 13.8. The molecule has 2 fully saturated rings. The Bertz CT molecular complexity index is 597. The Hall–Kier alpha value is -2.38. The molecule has 0 aromatic carbocycles. The predicted octanol–water partition coefficient (Wildman–Crippen LogP) is 1.40. The molecule has 0 atom stereocenters. The van der Waals surface area contributed by atoms with Crippen molar-refractivity contribution in [3.05, 3.63) is 18.1 Å². The highest BCUT2D eigenvalue weighted by Gasteiger charge is 2.25. The molecule has 1 aliphatic heterocycles. The average Bonchev–Trinajstić information content (AvgIpc) is 3.40. The van der Waals surface area contributed by atoms with Crippen molar-refractivity contribution >= 4 is 17.8 Å². The molecule has 2 aliphatic rings. The van der Waals surface area contributed by atoms with Crippen molar-refractivity contribution in [3.63, 3.8) is 0 Å². The molecule has 8 nitrogen and oxygen atoms in total. The molecule has 1 aromatic heterocycles. The van der Waals surface area contributed by atoms with Crippen molar-refractivity contribution < 1.29 is 14.3 Å². The second-order valence-corrected chi connectivity index (χ2v) is 6.14. The van der Waals surface area contributed by atoms with Gasteiger partial charge in [-0.2, -0.15) is 0 Å². The standard InChI is InChI=1S/C16H23N5O3/c1-2-24-16(23)21-7-5-12(6-8-21)20-15(22)13-9-14(18-10-17-13)19-11-3-4-11/h9-12H,2-8H2,1H3,(H,20,22)(H,17,18,19). The van der Waals surface area contributed by atoms with E-state index in [1.807, 2.05) is 0 Å². The summed E-state index contributed by atoms with van der Waals surface area (Å²) in [6.07, 6.45) is 4.83. The first kappa shape index (κ1) is 16.5. The fraction of sp³-hybridized carbons (Fsp3) is 0.625. The number of anilines is 1. The molecule has 2 amide bonds. The van der Waals surface area contributed by atoms with Crippen LogP contribution in [-0.2, 0) is 4.74 Å². The molecule has 130 valence electrons. The van der Waals surface area contributed by atoms with E-state index in [-0.39, 0.29) is 18.0 Å². The number of likely N-dealkylation sites (tertiary alicyclic amines) is 1. The quantitative estimate of drug-likeness (QED) is 0.845. The zero-order chi connectivity index (χ0) is 16.9. The molecule has 0 radical (unpaired) electrons. The van der Waals surface area contributed by atoms with Gasteiger partial charge >= 0.3 is 6.09 Å².